The second-order valence-electron chi connectivity index (χ2n) is 3.45. The summed E-state index contributed by atoms with van der Waals surface area (Å²) >= 11 is 3.19. The topological polar surface area (TPSA) is 42.9 Å². The van der Waals surface area contributed by atoms with E-state index in [9.17, 15) is 9.18 Å². The third-order valence-electron chi connectivity index (χ3n) is 2.15. The first kappa shape index (κ1) is 11.9. The fourth-order valence-corrected chi connectivity index (χ4v) is 1.53. The Morgan fingerprint density at radius 3 is 2.35 bits per heavy atom. The summed E-state index contributed by atoms with van der Waals surface area (Å²) in [7, 11) is 0. The minimum absolute atomic E-state index is 0.164. The summed E-state index contributed by atoms with van der Waals surface area (Å²) in [6.07, 6.45) is 3.21. The number of carbonyl (C=O) groups excluding carboxylic acids is 1. The maximum Gasteiger partial charge on any atom is 0.204 e. The lowest BCUT2D eigenvalue weighted by Crippen LogP contribution is -2.08. The average Bonchev–Trinajstić information content (AvgIpc) is 2.33. The first-order valence-electron chi connectivity index (χ1n) is 4.90. The van der Waals surface area contributed by atoms with E-state index >= 15 is 0 Å². The highest BCUT2D eigenvalue weighted by atomic mass is 79.9. The molecule has 86 valence electrons. The van der Waals surface area contributed by atoms with Gasteiger partial charge >= 0.3 is 0 Å². The predicted octanol–water partition coefficient (Wildman–Crippen LogP) is 2.80. The van der Waals surface area contributed by atoms with Crippen LogP contribution < -0.4 is 0 Å². The normalized spacial score (nSPS) is 10.2. The quantitative estimate of drug-likeness (QED) is 0.818. The Bertz CT molecular complexity index is 525. The summed E-state index contributed by atoms with van der Waals surface area (Å²) in [6, 6.07) is 5.80. The minimum Gasteiger partial charge on any atom is -0.290 e. The summed E-state index contributed by atoms with van der Waals surface area (Å²) in [5.74, 6) is -0.345. The van der Waals surface area contributed by atoms with Crippen molar-refractivity contribution in [3.05, 3.63) is 58.3 Å². The van der Waals surface area contributed by atoms with Gasteiger partial charge in [0.05, 0.1) is 4.47 Å². The zero-order valence-electron chi connectivity index (χ0n) is 8.73. The molecule has 2 aromatic rings. The number of ketones is 1. The van der Waals surface area contributed by atoms with Crippen LogP contribution in [0, 0.1) is 5.82 Å². The summed E-state index contributed by atoms with van der Waals surface area (Å²) in [4.78, 5) is 19.6. The fraction of sp³-hybridized carbons (Fsp3) is 0.0833. The number of aromatic nitrogens is 2. The Balaban J connectivity index is 2.11. The first-order chi connectivity index (χ1) is 8.15. The molecule has 0 saturated heterocycles. The molecule has 0 N–H and O–H groups in total. The van der Waals surface area contributed by atoms with E-state index in [2.05, 4.69) is 25.9 Å². The van der Waals surface area contributed by atoms with Gasteiger partial charge in [0.25, 0.3) is 0 Å². The van der Waals surface area contributed by atoms with Crippen molar-refractivity contribution in [1.29, 1.82) is 0 Å². The molecule has 3 nitrogen and oxygen atoms in total. The molecule has 1 aromatic carbocycles. The number of halogens is 2. The van der Waals surface area contributed by atoms with Crippen molar-refractivity contribution >= 4 is 21.7 Å². The Morgan fingerprint density at radius 1 is 1.18 bits per heavy atom. The third kappa shape index (κ3) is 3.17. The zero-order chi connectivity index (χ0) is 12.3. The highest BCUT2D eigenvalue weighted by Crippen LogP contribution is 2.08. The van der Waals surface area contributed by atoms with Gasteiger partial charge in [-0.05, 0) is 33.6 Å². The second-order valence-corrected chi connectivity index (χ2v) is 4.37. The number of rotatable bonds is 3. The maximum atomic E-state index is 12.7. The van der Waals surface area contributed by atoms with E-state index < -0.39 is 0 Å². The number of hydrogen-bond acceptors (Lipinski definition) is 3. The van der Waals surface area contributed by atoms with Crippen molar-refractivity contribution in [3.63, 3.8) is 0 Å². The Hall–Kier alpha value is -1.62. The monoisotopic (exact) mass is 294 g/mol. The van der Waals surface area contributed by atoms with Crippen LogP contribution >= 0.6 is 15.9 Å². The van der Waals surface area contributed by atoms with Crippen molar-refractivity contribution in [1.82, 2.24) is 9.97 Å². The van der Waals surface area contributed by atoms with E-state index in [1.165, 1.54) is 24.5 Å². The molecule has 1 heterocycles. The van der Waals surface area contributed by atoms with Crippen LogP contribution in [0.1, 0.15) is 16.2 Å². The molecular weight excluding hydrogens is 287 g/mol. The van der Waals surface area contributed by atoms with Gasteiger partial charge in [0.1, 0.15) is 5.82 Å². The molecule has 0 aliphatic rings. The summed E-state index contributed by atoms with van der Waals surface area (Å²) in [5, 5.41) is 0. The first-order valence-corrected chi connectivity index (χ1v) is 5.69. The molecule has 0 aliphatic carbocycles. The lowest BCUT2D eigenvalue weighted by atomic mass is 10.1. The van der Waals surface area contributed by atoms with Gasteiger partial charge < -0.3 is 0 Å². The van der Waals surface area contributed by atoms with Crippen molar-refractivity contribution in [2.45, 2.75) is 6.42 Å². The van der Waals surface area contributed by atoms with Crippen LogP contribution in [0.15, 0.2) is 41.1 Å². The average molecular weight is 295 g/mol. The fourth-order valence-electron chi connectivity index (χ4n) is 1.32. The maximum absolute atomic E-state index is 12.7. The van der Waals surface area contributed by atoms with E-state index in [0.29, 0.717) is 0 Å². The van der Waals surface area contributed by atoms with Crippen LogP contribution in [0.25, 0.3) is 0 Å². The predicted molar refractivity (Wildman–Crippen MR) is 64.2 cm³/mol. The Labute approximate surface area is 106 Å². The van der Waals surface area contributed by atoms with Gasteiger partial charge in [0.15, 0.2) is 5.82 Å². The van der Waals surface area contributed by atoms with Crippen LogP contribution in [0.3, 0.4) is 0 Å². The molecule has 0 spiro atoms. The van der Waals surface area contributed by atoms with Crippen molar-refractivity contribution in [2.24, 2.45) is 0 Å². The van der Waals surface area contributed by atoms with E-state index in [0.717, 1.165) is 10.0 Å². The van der Waals surface area contributed by atoms with Crippen molar-refractivity contribution in [2.75, 3.05) is 0 Å². The summed E-state index contributed by atoms with van der Waals surface area (Å²) in [5.41, 5.74) is 0.739. The number of nitrogens with zero attached hydrogens (tertiary/aromatic N) is 2. The Morgan fingerprint density at radius 2 is 1.76 bits per heavy atom. The van der Waals surface area contributed by atoms with Crippen LogP contribution in [0.5, 0.6) is 0 Å². The molecule has 0 saturated carbocycles. The smallest absolute Gasteiger partial charge is 0.204 e. The van der Waals surface area contributed by atoms with Gasteiger partial charge in [-0.2, -0.15) is 0 Å². The SMILES string of the molecule is O=C(Cc1ccc(F)cc1)c1ncc(Br)cn1. The van der Waals surface area contributed by atoms with Crippen LogP contribution in [-0.2, 0) is 6.42 Å². The van der Waals surface area contributed by atoms with Crippen LogP contribution in [0.2, 0.25) is 0 Å². The van der Waals surface area contributed by atoms with Gasteiger partial charge in [-0.1, -0.05) is 12.1 Å². The standard InChI is InChI=1S/C12H8BrFN2O/c13-9-6-15-12(16-7-9)11(17)5-8-1-3-10(14)4-2-8/h1-4,6-7H,5H2. The molecule has 0 amide bonds. The van der Waals surface area contributed by atoms with Gasteiger partial charge in [-0.3, -0.25) is 4.79 Å². The van der Waals surface area contributed by atoms with Crippen LogP contribution in [0.4, 0.5) is 4.39 Å². The van der Waals surface area contributed by atoms with Gasteiger partial charge in [0.2, 0.25) is 5.78 Å². The van der Waals surface area contributed by atoms with E-state index in [-0.39, 0.29) is 23.8 Å². The lowest BCUT2D eigenvalue weighted by molar-refractivity contribution is 0.0983. The molecule has 5 heteroatoms. The number of hydrogen-bond donors (Lipinski definition) is 0. The molecule has 0 unspecified atom stereocenters. The molecular formula is C12H8BrFN2O. The molecule has 1 aromatic heterocycles. The highest BCUT2D eigenvalue weighted by molar-refractivity contribution is 9.10. The van der Waals surface area contributed by atoms with Gasteiger partial charge in [-0.25, -0.2) is 14.4 Å². The van der Waals surface area contributed by atoms with Gasteiger partial charge in [0, 0.05) is 18.8 Å². The third-order valence-corrected chi connectivity index (χ3v) is 2.56. The molecule has 0 aliphatic heterocycles. The molecule has 0 bridgehead atoms. The number of benzene rings is 1. The van der Waals surface area contributed by atoms with Crippen molar-refractivity contribution in [3.8, 4) is 0 Å². The van der Waals surface area contributed by atoms with Crippen LogP contribution in [-0.4, -0.2) is 15.8 Å². The largest absolute Gasteiger partial charge is 0.290 e. The lowest BCUT2D eigenvalue weighted by Gasteiger charge is -2.00. The molecule has 0 radical (unpaired) electrons. The minimum atomic E-state index is -0.318. The molecule has 0 fully saturated rings. The van der Waals surface area contributed by atoms with Crippen molar-refractivity contribution < 1.29 is 9.18 Å². The summed E-state index contributed by atoms with van der Waals surface area (Å²) in [6.45, 7) is 0. The van der Waals surface area contributed by atoms with E-state index in [4.69, 9.17) is 0 Å². The molecule has 17 heavy (non-hydrogen) atoms. The Kier molecular flexibility index (Phi) is 3.58. The molecule has 0 atom stereocenters. The highest BCUT2D eigenvalue weighted by Gasteiger charge is 2.09. The molecule has 2 rings (SSSR count). The van der Waals surface area contributed by atoms with E-state index in [1.807, 2.05) is 0 Å². The number of Topliss-reactive ketones (excluding diaryl/α,β-unsaturated/α-hetero) is 1. The van der Waals surface area contributed by atoms with Gasteiger partial charge in [-0.15, -0.1) is 0 Å². The zero-order valence-corrected chi connectivity index (χ0v) is 10.3. The number of carbonyl (C=O) groups is 1. The van der Waals surface area contributed by atoms with E-state index in [1.54, 1.807) is 12.1 Å². The summed E-state index contributed by atoms with van der Waals surface area (Å²) < 4.78 is 13.4. The second kappa shape index (κ2) is 5.14.